The number of phenolic OH excluding ortho intramolecular Hbond substituents is 1. The summed E-state index contributed by atoms with van der Waals surface area (Å²) < 4.78 is 11.2. The number of likely N-dealkylation sites (tertiary alicyclic amines) is 1. The molecule has 9 heteroatoms. The highest BCUT2D eigenvalue weighted by molar-refractivity contribution is 5.88. The maximum absolute atomic E-state index is 12.7. The van der Waals surface area contributed by atoms with Gasteiger partial charge in [-0.1, -0.05) is 0 Å². The van der Waals surface area contributed by atoms with E-state index in [0.29, 0.717) is 36.8 Å². The minimum atomic E-state index is -0.619. The van der Waals surface area contributed by atoms with Crippen molar-refractivity contribution in [2.45, 2.75) is 58.1 Å². The molecule has 0 bridgehead atoms. The Labute approximate surface area is 187 Å². The van der Waals surface area contributed by atoms with E-state index in [-0.39, 0.29) is 29.8 Å². The van der Waals surface area contributed by atoms with Crippen molar-refractivity contribution in [3.63, 3.8) is 0 Å². The standard InChI is InChI=1S/C23H31N3O6/c1-23(2,3)32-22(30)26-11-5-4-7-18(26)21(29)24-10-6-12-31-20-16-13-15(27)14-25-17(16)8-9-19(20)28/h8-9,13-14,18,27-28H,4-7,10-12H2,1-3H3,(H,24,29). The summed E-state index contributed by atoms with van der Waals surface area (Å²) in [6, 6.07) is 4.05. The molecule has 3 rings (SSSR count). The van der Waals surface area contributed by atoms with E-state index < -0.39 is 17.7 Å². The zero-order valence-electron chi connectivity index (χ0n) is 18.8. The molecule has 1 aliphatic heterocycles. The van der Waals surface area contributed by atoms with Crippen molar-refractivity contribution < 1.29 is 29.3 Å². The minimum absolute atomic E-state index is 0.0257. The smallest absolute Gasteiger partial charge is 0.410 e. The van der Waals surface area contributed by atoms with Crippen molar-refractivity contribution in [2.75, 3.05) is 19.7 Å². The van der Waals surface area contributed by atoms with Gasteiger partial charge in [0, 0.05) is 18.5 Å². The summed E-state index contributed by atoms with van der Waals surface area (Å²) in [7, 11) is 0. The number of rotatable bonds is 6. The number of phenols is 1. The van der Waals surface area contributed by atoms with Gasteiger partial charge >= 0.3 is 6.09 Å². The average molecular weight is 446 g/mol. The lowest BCUT2D eigenvalue weighted by Crippen LogP contribution is -2.53. The van der Waals surface area contributed by atoms with E-state index in [1.54, 1.807) is 26.8 Å². The summed E-state index contributed by atoms with van der Waals surface area (Å²) in [5, 5.41) is 23.2. The van der Waals surface area contributed by atoms with E-state index in [9.17, 15) is 19.8 Å². The first kappa shape index (κ1) is 23.4. The van der Waals surface area contributed by atoms with Crippen LogP contribution in [0.15, 0.2) is 24.4 Å². The third kappa shape index (κ3) is 5.93. The van der Waals surface area contributed by atoms with Gasteiger partial charge in [0.2, 0.25) is 5.91 Å². The molecule has 0 spiro atoms. The van der Waals surface area contributed by atoms with Crippen LogP contribution in [0.4, 0.5) is 4.79 Å². The number of aromatic hydroxyl groups is 2. The Balaban J connectivity index is 1.52. The number of ether oxygens (including phenoxy) is 2. The molecule has 2 heterocycles. The molecular formula is C23H31N3O6. The van der Waals surface area contributed by atoms with Crippen LogP contribution in [0.1, 0.15) is 46.5 Å². The number of hydrogen-bond acceptors (Lipinski definition) is 7. The molecule has 1 atom stereocenters. The third-order valence-electron chi connectivity index (χ3n) is 5.08. The molecule has 1 aliphatic rings. The van der Waals surface area contributed by atoms with Crippen LogP contribution in [0, 0.1) is 0 Å². The summed E-state index contributed by atoms with van der Waals surface area (Å²) >= 11 is 0. The normalized spacial score (nSPS) is 16.6. The van der Waals surface area contributed by atoms with Crippen molar-refractivity contribution in [3.8, 4) is 17.2 Å². The molecule has 2 amide bonds. The summed E-state index contributed by atoms with van der Waals surface area (Å²) in [5.41, 5.74) is -0.0322. The number of fused-ring (bicyclic) bond motifs is 1. The fraction of sp³-hybridized carbons (Fsp3) is 0.522. The Bertz CT molecular complexity index is 967. The fourth-order valence-corrected chi connectivity index (χ4v) is 3.62. The van der Waals surface area contributed by atoms with Crippen molar-refractivity contribution in [3.05, 3.63) is 24.4 Å². The number of pyridine rings is 1. The quantitative estimate of drug-likeness (QED) is 0.583. The third-order valence-corrected chi connectivity index (χ3v) is 5.08. The van der Waals surface area contributed by atoms with E-state index in [0.717, 1.165) is 12.8 Å². The molecule has 3 N–H and O–H groups in total. The zero-order chi connectivity index (χ0) is 23.3. The number of amides is 2. The molecular weight excluding hydrogens is 414 g/mol. The number of piperidine rings is 1. The van der Waals surface area contributed by atoms with Crippen molar-refractivity contribution in [1.82, 2.24) is 15.2 Å². The lowest BCUT2D eigenvalue weighted by molar-refractivity contribution is -0.127. The van der Waals surface area contributed by atoms with Crippen molar-refractivity contribution >= 4 is 22.9 Å². The highest BCUT2D eigenvalue weighted by Crippen LogP contribution is 2.35. The first-order chi connectivity index (χ1) is 15.2. The molecule has 0 aliphatic carbocycles. The average Bonchev–Trinajstić information content (AvgIpc) is 2.73. The highest BCUT2D eigenvalue weighted by Gasteiger charge is 2.34. The lowest BCUT2D eigenvalue weighted by atomic mass is 10.0. The minimum Gasteiger partial charge on any atom is -0.506 e. The molecule has 1 aromatic heterocycles. The van der Waals surface area contributed by atoms with Gasteiger partial charge in [-0.3, -0.25) is 14.7 Å². The van der Waals surface area contributed by atoms with Crippen LogP contribution >= 0.6 is 0 Å². The van der Waals surface area contributed by atoms with Gasteiger partial charge in [-0.2, -0.15) is 0 Å². The lowest BCUT2D eigenvalue weighted by Gasteiger charge is -2.35. The van der Waals surface area contributed by atoms with Gasteiger partial charge < -0.3 is 25.0 Å². The predicted molar refractivity (Wildman–Crippen MR) is 119 cm³/mol. The molecule has 9 nitrogen and oxygen atoms in total. The summed E-state index contributed by atoms with van der Waals surface area (Å²) in [6.07, 6.45) is 3.67. The fourth-order valence-electron chi connectivity index (χ4n) is 3.62. The largest absolute Gasteiger partial charge is 0.506 e. The monoisotopic (exact) mass is 445 g/mol. The van der Waals surface area contributed by atoms with Gasteiger partial charge in [0.1, 0.15) is 17.4 Å². The molecule has 1 aromatic carbocycles. The molecule has 174 valence electrons. The maximum atomic E-state index is 12.7. The van der Waals surface area contributed by atoms with Gasteiger partial charge in [-0.15, -0.1) is 0 Å². The Hall–Kier alpha value is -3.23. The summed E-state index contributed by atoms with van der Waals surface area (Å²) in [5.74, 6) is -0.0512. The van der Waals surface area contributed by atoms with Gasteiger partial charge in [-0.05, 0) is 64.7 Å². The topological polar surface area (TPSA) is 121 Å². The molecule has 1 saturated heterocycles. The second-order valence-electron chi connectivity index (χ2n) is 8.85. The molecule has 1 unspecified atom stereocenters. The SMILES string of the molecule is CC(C)(C)OC(=O)N1CCCCC1C(=O)NCCCOc1c(O)ccc2ncc(O)cc12. The maximum Gasteiger partial charge on any atom is 0.410 e. The van der Waals surface area contributed by atoms with Crippen LogP contribution < -0.4 is 10.1 Å². The molecule has 0 saturated carbocycles. The van der Waals surface area contributed by atoms with E-state index in [1.807, 2.05) is 0 Å². The van der Waals surface area contributed by atoms with Crippen molar-refractivity contribution in [1.29, 1.82) is 0 Å². The predicted octanol–water partition coefficient (Wildman–Crippen LogP) is 3.32. The summed E-state index contributed by atoms with van der Waals surface area (Å²) in [6.45, 7) is 6.49. The molecule has 1 fully saturated rings. The number of carbonyl (C=O) groups excluding carboxylic acids is 2. The molecule has 2 aromatic rings. The Morgan fingerprint density at radius 1 is 1.25 bits per heavy atom. The van der Waals surface area contributed by atoms with E-state index in [2.05, 4.69) is 10.3 Å². The second-order valence-corrected chi connectivity index (χ2v) is 8.85. The number of carbonyl (C=O) groups is 2. The van der Waals surface area contributed by atoms with Crippen LogP contribution in [0.3, 0.4) is 0 Å². The van der Waals surface area contributed by atoms with Crippen LogP contribution in [-0.2, 0) is 9.53 Å². The Morgan fingerprint density at radius 2 is 2.03 bits per heavy atom. The van der Waals surface area contributed by atoms with Crippen molar-refractivity contribution in [2.24, 2.45) is 0 Å². The first-order valence-corrected chi connectivity index (χ1v) is 10.9. The number of hydrogen-bond donors (Lipinski definition) is 3. The van der Waals surface area contributed by atoms with Crippen LogP contribution in [0.2, 0.25) is 0 Å². The number of nitrogens with zero attached hydrogens (tertiary/aromatic N) is 2. The van der Waals surface area contributed by atoms with E-state index >= 15 is 0 Å². The van der Waals surface area contributed by atoms with Gasteiger partial charge in [0.15, 0.2) is 11.5 Å². The van der Waals surface area contributed by atoms with Gasteiger partial charge in [0.25, 0.3) is 0 Å². The second kappa shape index (κ2) is 9.93. The van der Waals surface area contributed by atoms with E-state index in [4.69, 9.17) is 9.47 Å². The van der Waals surface area contributed by atoms with E-state index in [1.165, 1.54) is 23.2 Å². The highest BCUT2D eigenvalue weighted by atomic mass is 16.6. The van der Waals surface area contributed by atoms with Crippen LogP contribution in [0.5, 0.6) is 17.2 Å². The Kier molecular flexibility index (Phi) is 7.27. The Morgan fingerprint density at radius 3 is 2.78 bits per heavy atom. The zero-order valence-corrected chi connectivity index (χ0v) is 18.8. The van der Waals surface area contributed by atoms with Gasteiger partial charge in [0.05, 0.1) is 18.3 Å². The summed E-state index contributed by atoms with van der Waals surface area (Å²) in [4.78, 5) is 30.8. The van der Waals surface area contributed by atoms with Crippen LogP contribution in [0.25, 0.3) is 10.9 Å². The first-order valence-electron chi connectivity index (χ1n) is 10.9. The molecule has 32 heavy (non-hydrogen) atoms. The van der Waals surface area contributed by atoms with Crippen LogP contribution in [-0.4, -0.2) is 63.4 Å². The molecule has 0 radical (unpaired) electrons. The number of aromatic nitrogens is 1. The number of nitrogens with one attached hydrogen (secondary N) is 1. The number of benzene rings is 1. The van der Waals surface area contributed by atoms with Gasteiger partial charge in [-0.25, -0.2) is 4.79 Å².